The highest BCUT2D eigenvalue weighted by Crippen LogP contribution is 2.22. The second-order valence-electron chi connectivity index (χ2n) is 7.63. The summed E-state index contributed by atoms with van der Waals surface area (Å²) >= 11 is 0. The first-order chi connectivity index (χ1) is 16.1. The first kappa shape index (κ1) is 25.0. The third kappa shape index (κ3) is 6.02. The van der Waals surface area contributed by atoms with Crippen molar-refractivity contribution in [2.24, 2.45) is 5.10 Å². The van der Waals surface area contributed by atoms with Crippen molar-refractivity contribution in [1.29, 1.82) is 0 Å². The molecule has 0 atom stereocenters. The molecule has 1 aromatic heterocycles. The van der Waals surface area contributed by atoms with E-state index in [1.165, 1.54) is 18.3 Å². The molecule has 0 fully saturated rings. The molecular formula is C24H27FN4O4S. The first-order valence-electron chi connectivity index (χ1n) is 10.6. The lowest BCUT2D eigenvalue weighted by Crippen LogP contribution is -2.39. The zero-order valence-corrected chi connectivity index (χ0v) is 20.3. The molecule has 3 aromatic rings. The number of aromatic nitrogens is 1. The lowest BCUT2D eigenvalue weighted by atomic mass is 10.2. The zero-order valence-electron chi connectivity index (χ0n) is 19.4. The number of anilines is 1. The number of hydrogen-bond acceptors (Lipinski definition) is 5. The van der Waals surface area contributed by atoms with Crippen molar-refractivity contribution in [1.82, 2.24) is 9.99 Å². The van der Waals surface area contributed by atoms with Crippen LogP contribution in [-0.2, 0) is 14.8 Å². The van der Waals surface area contributed by atoms with Crippen LogP contribution in [-0.4, -0.2) is 44.5 Å². The van der Waals surface area contributed by atoms with Crippen molar-refractivity contribution < 1.29 is 22.3 Å². The first-order valence-corrected chi connectivity index (χ1v) is 12.4. The predicted molar refractivity (Wildman–Crippen MR) is 131 cm³/mol. The number of ether oxygens (including phenoxy) is 1. The van der Waals surface area contributed by atoms with Gasteiger partial charge in [-0.2, -0.15) is 5.10 Å². The average Bonchev–Trinajstić information content (AvgIpc) is 3.06. The molecule has 0 spiro atoms. The van der Waals surface area contributed by atoms with Gasteiger partial charge in [-0.15, -0.1) is 0 Å². The molecule has 0 aliphatic rings. The maximum absolute atomic E-state index is 13.3. The summed E-state index contributed by atoms with van der Waals surface area (Å²) in [6, 6.07) is 14.5. The monoisotopic (exact) mass is 486 g/mol. The minimum Gasteiger partial charge on any atom is -0.494 e. The quantitative estimate of drug-likeness (QED) is 0.370. The highest BCUT2D eigenvalue weighted by molar-refractivity contribution is 7.92. The molecule has 0 bridgehead atoms. The molecule has 0 unspecified atom stereocenters. The van der Waals surface area contributed by atoms with Gasteiger partial charge in [0.1, 0.15) is 18.1 Å². The second kappa shape index (κ2) is 10.5. The maximum atomic E-state index is 13.3. The molecular weight excluding hydrogens is 459 g/mol. The molecule has 8 nitrogen and oxygen atoms in total. The lowest BCUT2D eigenvalue weighted by Gasteiger charge is -2.21. The van der Waals surface area contributed by atoms with Crippen LogP contribution >= 0.6 is 0 Å². The van der Waals surface area contributed by atoms with Crippen LogP contribution in [0.1, 0.15) is 23.9 Å². The van der Waals surface area contributed by atoms with Crippen LogP contribution in [0.2, 0.25) is 0 Å². The van der Waals surface area contributed by atoms with Crippen molar-refractivity contribution in [2.45, 2.75) is 20.8 Å². The number of nitrogens with one attached hydrogen (secondary N) is 1. The third-order valence-corrected chi connectivity index (χ3v) is 6.21. The normalized spacial score (nSPS) is 11.6. The van der Waals surface area contributed by atoms with E-state index in [2.05, 4.69) is 10.5 Å². The molecule has 1 heterocycles. The van der Waals surface area contributed by atoms with Gasteiger partial charge in [-0.05, 0) is 75.4 Å². The molecule has 34 heavy (non-hydrogen) atoms. The van der Waals surface area contributed by atoms with Crippen LogP contribution in [0, 0.1) is 19.7 Å². The summed E-state index contributed by atoms with van der Waals surface area (Å²) in [4.78, 5) is 12.4. The van der Waals surface area contributed by atoms with E-state index < -0.39 is 22.5 Å². The van der Waals surface area contributed by atoms with Crippen LogP contribution in [0.5, 0.6) is 5.75 Å². The van der Waals surface area contributed by atoms with Crippen LogP contribution in [0.25, 0.3) is 5.69 Å². The molecule has 0 saturated carbocycles. The summed E-state index contributed by atoms with van der Waals surface area (Å²) in [5.74, 6) is -0.307. The van der Waals surface area contributed by atoms with Crippen molar-refractivity contribution >= 4 is 27.8 Å². The molecule has 0 aliphatic heterocycles. The van der Waals surface area contributed by atoms with E-state index in [1.54, 1.807) is 36.4 Å². The Bertz CT molecular complexity index is 1280. The molecule has 1 N–H and O–H groups in total. The number of hydrazone groups is 1. The Labute approximate surface area is 198 Å². The highest BCUT2D eigenvalue weighted by atomic mass is 32.2. The van der Waals surface area contributed by atoms with Gasteiger partial charge >= 0.3 is 0 Å². The van der Waals surface area contributed by atoms with E-state index in [-0.39, 0.29) is 5.82 Å². The van der Waals surface area contributed by atoms with Crippen molar-refractivity contribution in [3.05, 3.63) is 77.4 Å². The van der Waals surface area contributed by atoms with Gasteiger partial charge in [0.15, 0.2) is 0 Å². The minimum atomic E-state index is -3.71. The van der Waals surface area contributed by atoms with Crippen LogP contribution in [0.4, 0.5) is 10.1 Å². The fourth-order valence-corrected chi connectivity index (χ4v) is 4.38. The van der Waals surface area contributed by atoms with Gasteiger partial charge in [-0.3, -0.25) is 9.10 Å². The Morgan fingerprint density at radius 2 is 1.79 bits per heavy atom. The van der Waals surface area contributed by atoms with Gasteiger partial charge in [0.05, 0.1) is 24.8 Å². The highest BCUT2D eigenvalue weighted by Gasteiger charge is 2.21. The predicted octanol–water partition coefficient (Wildman–Crippen LogP) is 3.55. The molecule has 180 valence electrons. The Morgan fingerprint density at radius 3 is 2.38 bits per heavy atom. The van der Waals surface area contributed by atoms with Crippen molar-refractivity contribution in [3.8, 4) is 11.4 Å². The summed E-state index contributed by atoms with van der Waals surface area (Å²) in [7, 11) is -3.71. The van der Waals surface area contributed by atoms with Crippen molar-refractivity contribution in [3.63, 3.8) is 0 Å². The molecule has 3 rings (SSSR count). The van der Waals surface area contributed by atoms with Crippen LogP contribution in [0.3, 0.4) is 0 Å². The largest absolute Gasteiger partial charge is 0.494 e. The Hall–Kier alpha value is -3.66. The number of aryl methyl sites for hydroxylation is 1. The fraction of sp³-hybridized carbons (Fsp3) is 0.250. The van der Waals surface area contributed by atoms with Gasteiger partial charge in [-0.1, -0.05) is 0 Å². The molecule has 0 radical (unpaired) electrons. The van der Waals surface area contributed by atoms with Gasteiger partial charge in [0.25, 0.3) is 5.91 Å². The number of nitrogens with zero attached hydrogens (tertiary/aromatic N) is 3. The molecule has 0 aliphatic carbocycles. The zero-order chi connectivity index (χ0) is 24.9. The minimum absolute atomic E-state index is 0.316. The summed E-state index contributed by atoms with van der Waals surface area (Å²) in [6.07, 6.45) is 2.52. The van der Waals surface area contributed by atoms with E-state index in [0.717, 1.165) is 33.2 Å². The van der Waals surface area contributed by atoms with Gasteiger partial charge in [0.2, 0.25) is 10.0 Å². The third-order valence-electron chi connectivity index (χ3n) is 5.07. The van der Waals surface area contributed by atoms with Crippen LogP contribution in [0.15, 0.2) is 59.7 Å². The maximum Gasteiger partial charge on any atom is 0.260 e. The Balaban J connectivity index is 1.71. The summed E-state index contributed by atoms with van der Waals surface area (Å²) in [5.41, 5.74) is 6.05. The van der Waals surface area contributed by atoms with Gasteiger partial charge < -0.3 is 9.30 Å². The molecule has 10 heteroatoms. The van der Waals surface area contributed by atoms with E-state index in [9.17, 15) is 17.6 Å². The topological polar surface area (TPSA) is 93.0 Å². The Kier molecular flexibility index (Phi) is 7.72. The lowest BCUT2D eigenvalue weighted by molar-refractivity contribution is -0.119. The average molecular weight is 487 g/mol. The summed E-state index contributed by atoms with van der Waals surface area (Å²) < 4.78 is 46.1. The number of sulfonamides is 1. The number of benzene rings is 2. The second-order valence-corrected chi connectivity index (χ2v) is 9.53. The van der Waals surface area contributed by atoms with E-state index in [1.807, 2.05) is 31.4 Å². The number of amides is 1. The molecule has 2 aromatic carbocycles. The number of carbonyl (C=O) groups is 1. The van der Waals surface area contributed by atoms with E-state index >= 15 is 0 Å². The smallest absolute Gasteiger partial charge is 0.260 e. The van der Waals surface area contributed by atoms with E-state index in [4.69, 9.17) is 4.74 Å². The van der Waals surface area contributed by atoms with Crippen molar-refractivity contribution in [2.75, 3.05) is 23.7 Å². The summed E-state index contributed by atoms with van der Waals surface area (Å²) in [6.45, 7) is 5.70. The standard InChI is InChI=1S/C24H27FN4O4S/c1-5-33-23-12-10-21(11-13-23)28(34(4,31)32)16-24(30)27-26-15-19-14-17(2)29(18(19)3)22-8-6-20(25)7-9-22/h6-15H,5,16H2,1-4H3,(H,27,30)/b26-15+. The number of carbonyl (C=O) groups excluding carboxylic acids is 1. The van der Waals surface area contributed by atoms with Crippen LogP contribution < -0.4 is 14.5 Å². The van der Waals surface area contributed by atoms with E-state index in [0.29, 0.717) is 18.0 Å². The fourth-order valence-electron chi connectivity index (χ4n) is 3.52. The number of rotatable bonds is 9. The Morgan fingerprint density at radius 1 is 1.15 bits per heavy atom. The number of hydrogen-bond donors (Lipinski definition) is 1. The summed E-state index contributed by atoms with van der Waals surface area (Å²) in [5, 5.41) is 3.99. The number of halogens is 1. The van der Waals surface area contributed by atoms with Gasteiger partial charge in [-0.25, -0.2) is 18.2 Å². The SMILES string of the molecule is CCOc1ccc(N(CC(=O)N/N=C/c2cc(C)n(-c3ccc(F)cc3)c2C)S(C)(=O)=O)cc1. The molecule has 0 saturated heterocycles. The molecule has 1 amide bonds. The van der Waals surface area contributed by atoms with Gasteiger partial charge in [0, 0.05) is 22.6 Å².